The number of aromatic nitrogens is 3. The standard InChI is InChI=1S/C15H9FN4O/c1-9-4-10(7-17)6-11(5-9)15-19-14(20-21-15)13-3-2-12(16)8-18-13/h2-6,8H,1H3. The molecule has 0 saturated heterocycles. The lowest BCUT2D eigenvalue weighted by Gasteiger charge is -1.98. The topological polar surface area (TPSA) is 75.6 Å². The Labute approximate surface area is 119 Å². The van der Waals surface area contributed by atoms with Crippen LogP contribution in [0, 0.1) is 24.1 Å². The highest BCUT2D eigenvalue weighted by Gasteiger charge is 2.12. The van der Waals surface area contributed by atoms with E-state index in [2.05, 4.69) is 21.2 Å². The summed E-state index contributed by atoms with van der Waals surface area (Å²) < 4.78 is 18.0. The SMILES string of the molecule is Cc1cc(C#N)cc(-c2nc(-c3ccc(F)cn3)no2)c1. The Bertz CT molecular complexity index is 834. The molecule has 0 radical (unpaired) electrons. The summed E-state index contributed by atoms with van der Waals surface area (Å²) in [6.07, 6.45) is 1.09. The minimum atomic E-state index is -0.431. The molecule has 1 aromatic carbocycles. The molecular formula is C15H9FN4O. The van der Waals surface area contributed by atoms with E-state index in [0.717, 1.165) is 11.8 Å². The van der Waals surface area contributed by atoms with Crippen molar-refractivity contribution in [2.24, 2.45) is 0 Å². The van der Waals surface area contributed by atoms with Gasteiger partial charge >= 0.3 is 0 Å². The number of rotatable bonds is 2. The van der Waals surface area contributed by atoms with Crippen LogP contribution in [0.2, 0.25) is 0 Å². The van der Waals surface area contributed by atoms with Gasteiger partial charge in [0.1, 0.15) is 11.5 Å². The molecule has 0 amide bonds. The maximum Gasteiger partial charge on any atom is 0.258 e. The second kappa shape index (κ2) is 5.13. The molecule has 102 valence electrons. The molecule has 2 aromatic heterocycles. The fraction of sp³-hybridized carbons (Fsp3) is 0.0667. The lowest BCUT2D eigenvalue weighted by Crippen LogP contribution is -1.87. The summed E-state index contributed by atoms with van der Waals surface area (Å²) in [5.41, 5.74) is 2.51. The zero-order chi connectivity index (χ0) is 14.8. The van der Waals surface area contributed by atoms with Gasteiger partial charge in [0.05, 0.1) is 17.8 Å². The van der Waals surface area contributed by atoms with Gasteiger partial charge in [-0.05, 0) is 42.8 Å². The van der Waals surface area contributed by atoms with E-state index in [4.69, 9.17) is 9.78 Å². The Balaban J connectivity index is 2.00. The molecule has 5 nitrogen and oxygen atoms in total. The third-order valence-electron chi connectivity index (χ3n) is 2.84. The Kier molecular flexibility index (Phi) is 3.16. The van der Waals surface area contributed by atoms with Gasteiger partial charge in [0.15, 0.2) is 0 Å². The number of nitriles is 1. The summed E-state index contributed by atoms with van der Waals surface area (Å²) in [4.78, 5) is 8.12. The van der Waals surface area contributed by atoms with Crippen LogP contribution >= 0.6 is 0 Å². The average molecular weight is 280 g/mol. The van der Waals surface area contributed by atoms with Gasteiger partial charge in [-0.25, -0.2) is 9.37 Å². The molecular weight excluding hydrogens is 271 g/mol. The van der Waals surface area contributed by atoms with Crippen molar-refractivity contribution in [3.8, 4) is 29.0 Å². The van der Waals surface area contributed by atoms with E-state index in [1.165, 1.54) is 12.1 Å². The summed E-state index contributed by atoms with van der Waals surface area (Å²) in [7, 11) is 0. The first-order valence-corrected chi connectivity index (χ1v) is 6.13. The van der Waals surface area contributed by atoms with Crippen molar-refractivity contribution in [2.75, 3.05) is 0 Å². The molecule has 0 bridgehead atoms. The molecule has 0 fully saturated rings. The number of hydrogen-bond acceptors (Lipinski definition) is 5. The monoisotopic (exact) mass is 280 g/mol. The summed E-state index contributed by atoms with van der Waals surface area (Å²) in [6.45, 7) is 1.88. The van der Waals surface area contributed by atoms with Gasteiger partial charge in [-0.15, -0.1) is 0 Å². The molecule has 0 saturated carbocycles. The van der Waals surface area contributed by atoms with E-state index < -0.39 is 5.82 Å². The van der Waals surface area contributed by atoms with Crippen LogP contribution in [0.15, 0.2) is 41.1 Å². The summed E-state index contributed by atoms with van der Waals surface area (Å²) in [5, 5.41) is 12.8. The van der Waals surface area contributed by atoms with Crippen LogP contribution in [0.1, 0.15) is 11.1 Å². The Morgan fingerprint density at radius 1 is 1.24 bits per heavy atom. The highest BCUT2D eigenvalue weighted by Crippen LogP contribution is 2.23. The van der Waals surface area contributed by atoms with Crippen LogP contribution in [0.3, 0.4) is 0 Å². The molecule has 21 heavy (non-hydrogen) atoms. The number of benzene rings is 1. The molecule has 0 aliphatic heterocycles. The first kappa shape index (κ1) is 12.9. The smallest absolute Gasteiger partial charge is 0.258 e. The first-order chi connectivity index (χ1) is 10.2. The molecule has 0 N–H and O–H groups in total. The molecule has 0 atom stereocenters. The van der Waals surface area contributed by atoms with E-state index >= 15 is 0 Å². The predicted molar refractivity (Wildman–Crippen MR) is 72.4 cm³/mol. The molecule has 0 aliphatic carbocycles. The molecule has 0 spiro atoms. The van der Waals surface area contributed by atoms with Crippen LogP contribution in [-0.2, 0) is 0 Å². The number of pyridine rings is 1. The Hall–Kier alpha value is -3.07. The second-order valence-corrected chi connectivity index (χ2v) is 4.48. The van der Waals surface area contributed by atoms with Gasteiger partial charge in [-0.2, -0.15) is 10.2 Å². The van der Waals surface area contributed by atoms with Crippen molar-refractivity contribution in [1.29, 1.82) is 5.26 Å². The van der Waals surface area contributed by atoms with Crippen LogP contribution in [0.25, 0.3) is 23.0 Å². The number of nitrogens with zero attached hydrogens (tertiary/aromatic N) is 4. The predicted octanol–water partition coefficient (Wildman–Crippen LogP) is 3.12. The molecule has 0 unspecified atom stereocenters. The lowest BCUT2D eigenvalue weighted by molar-refractivity contribution is 0.432. The van der Waals surface area contributed by atoms with E-state index in [1.807, 2.05) is 13.0 Å². The van der Waals surface area contributed by atoms with Crippen LogP contribution in [0.5, 0.6) is 0 Å². The third kappa shape index (κ3) is 2.62. The Morgan fingerprint density at radius 3 is 2.81 bits per heavy atom. The van der Waals surface area contributed by atoms with Crippen LogP contribution < -0.4 is 0 Å². The summed E-state index contributed by atoms with van der Waals surface area (Å²) >= 11 is 0. The van der Waals surface area contributed by atoms with Crippen molar-refractivity contribution in [3.05, 3.63) is 53.5 Å². The maximum atomic E-state index is 12.8. The zero-order valence-corrected chi connectivity index (χ0v) is 11.0. The number of hydrogen-bond donors (Lipinski definition) is 0. The van der Waals surface area contributed by atoms with E-state index in [-0.39, 0.29) is 11.7 Å². The summed E-state index contributed by atoms with van der Waals surface area (Å²) in [5.74, 6) is 0.126. The first-order valence-electron chi connectivity index (χ1n) is 6.13. The molecule has 3 aromatic rings. The average Bonchev–Trinajstić information content (AvgIpc) is 2.97. The van der Waals surface area contributed by atoms with Crippen molar-refractivity contribution < 1.29 is 8.91 Å². The Morgan fingerprint density at radius 2 is 2.10 bits per heavy atom. The quantitative estimate of drug-likeness (QED) is 0.720. The minimum Gasteiger partial charge on any atom is -0.334 e. The fourth-order valence-corrected chi connectivity index (χ4v) is 1.92. The second-order valence-electron chi connectivity index (χ2n) is 4.48. The van der Waals surface area contributed by atoms with Crippen molar-refractivity contribution >= 4 is 0 Å². The third-order valence-corrected chi connectivity index (χ3v) is 2.84. The van der Waals surface area contributed by atoms with Crippen molar-refractivity contribution in [3.63, 3.8) is 0 Å². The van der Waals surface area contributed by atoms with Gasteiger partial charge < -0.3 is 4.52 Å². The fourth-order valence-electron chi connectivity index (χ4n) is 1.92. The van der Waals surface area contributed by atoms with E-state index in [1.54, 1.807) is 12.1 Å². The van der Waals surface area contributed by atoms with Crippen molar-refractivity contribution in [1.82, 2.24) is 15.1 Å². The minimum absolute atomic E-state index is 0.269. The van der Waals surface area contributed by atoms with E-state index in [9.17, 15) is 4.39 Å². The summed E-state index contributed by atoms with van der Waals surface area (Å²) in [6, 6.07) is 10.1. The molecule has 6 heteroatoms. The van der Waals surface area contributed by atoms with Gasteiger partial charge in [-0.1, -0.05) is 5.16 Å². The highest BCUT2D eigenvalue weighted by molar-refractivity contribution is 5.60. The largest absolute Gasteiger partial charge is 0.334 e. The van der Waals surface area contributed by atoms with E-state index in [0.29, 0.717) is 16.8 Å². The number of aryl methyl sites for hydroxylation is 1. The van der Waals surface area contributed by atoms with Gasteiger partial charge in [0.2, 0.25) is 5.82 Å². The number of halogens is 1. The van der Waals surface area contributed by atoms with Gasteiger partial charge in [-0.3, -0.25) is 0 Å². The highest BCUT2D eigenvalue weighted by atomic mass is 19.1. The molecule has 3 rings (SSSR count). The van der Waals surface area contributed by atoms with Crippen LogP contribution in [0.4, 0.5) is 4.39 Å². The zero-order valence-electron chi connectivity index (χ0n) is 11.0. The normalized spacial score (nSPS) is 10.3. The maximum absolute atomic E-state index is 12.8. The van der Waals surface area contributed by atoms with Crippen LogP contribution in [-0.4, -0.2) is 15.1 Å². The molecule has 0 aliphatic rings. The van der Waals surface area contributed by atoms with Gasteiger partial charge in [0.25, 0.3) is 5.89 Å². The van der Waals surface area contributed by atoms with Gasteiger partial charge in [0, 0.05) is 5.56 Å². The molecule has 2 heterocycles. The lowest BCUT2D eigenvalue weighted by atomic mass is 10.1. The van der Waals surface area contributed by atoms with Crippen molar-refractivity contribution in [2.45, 2.75) is 6.92 Å².